The lowest BCUT2D eigenvalue weighted by Crippen LogP contribution is -1.92. The fourth-order valence-electron chi connectivity index (χ4n) is 1.05. The van der Waals surface area contributed by atoms with E-state index in [4.69, 9.17) is 0 Å². The van der Waals surface area contributed by atoms with Crippen molar-refractivity contribution in [1.29, 1.82) is 0 Å². The summed E-state index contributed by atoms with van der Waals surface area (Å²) < 4.78 is 0. The quantitative estimate of drug-likeness (QED) is 0.425. The van der Waals surface area contributed by atoms with Crippen LogP contribution in [0.1, 0.15) is 53.4 Å². The van der Waals surface area contributed by atoms with Crippen molar-refractivity contribution in [3.8, 4) is 0 Å². The summed E-state index contributed by atoms with van der Waals surface area (Å²) in [6.45, 7) is 9.86. The van der Waals surface area contributed by atoms with Gasteiger partial charge in [-0.05, 0) is 25.7 Å². The van der Waals surface area contributed by atoms with Crippen molar-refractivity contribution in [3.63, 3.8) is 0 Å². The van der Waals surface area contributed by atoms with Gasteiger partial charge in [-0.25, -0.2) is 0 Å². The molecule has 0 fully saturated rings. The minimum atomic E-state index is 0.848. The minimum Gasteiger partial charge on any atom is -0.294 e. The Morgan fingerprint density at radius 3 is 2.42 bits per heavy atom. The second-order valence-corrected chi connectivity index (χ2v) is 3.86. The monoisotopic (exact) mass is 169 g/mol. The molecule has 0 saturated heterocycles. The van der Waals surface area contributed by atoms with E-state index in [1.807, 2.05) is 0 Å². The van der Waals surface area contributed by atoms with Gasteiger partial charge in [-0.1, -0.05) is 33.6 Å². The Hall–Kier alpha value is -0.330. The van der Waals surface area contributed by atoms with Crippen molar-refractivity contribution in [2.24, 2.45) is 10.9 Å². The lowest BCUT2D eigenvalue weighted by atomic mass is 10.1. The van der Waals surface area contributed by atoms with E-state index in [1.54, 1.807) is 0 Å². The summed E-state index contributed by atoms with van der Waals surface area (Å²) >= 11 is 0. The van der Waals surface area contributed by atoms with E-state index >= 15 is 0 Å². The molecule has 0 aromatic rings. The smallest absolute Gasteiger partial charge is 0.0388 e. The second kappa shape index (κ2) is 7.33. The number of aliphatic imine (C=N–C) groups is 1. The average molecular weight is 169 g/mol. The van der Waals surface area contributed by atoms with Crippen LogP contribution in [0.25, 0.3) is 0 Å². The third kappa shape index (κ3) is 7.77. The summed E-state index contributed by atoms with van der Waals surface area (Å²) in [5, 5.41) is 0. The molecule has 0 rings (SSSR count). The number of hydrogen-bond acceptors (Lipinski definition) is 1. The fraction of sp³-hybridized carbons (Fsp3) is 0.909. The summed E-state index contributed by atoms with van der Waals surface area (Å²) in [6, 6.07) is 0. The highest BCUT2D eigenvalue weighted by Crippen LogP contribution is 2.05. The van der Waals surface area contributed by atoms with Crippen LogP contribution in [0.4, 0.5) is 0 Å². The predicted molar refractivity (Wildman–Crippen MR) is 57.0 cm³/mol. The first-order chi connectivity index (χ1) is 5.66. The van der Waals surface area contributed by atoms with E-state index in [0.717, 1.165) is 18.9 Å². The number of unbranched alkanes of at least 4 members (excludes halogenated alkanes) is 1. The molecule has 72 valence electrons. The Bertz CT molecular complexity index is 125. The van der Waals surface area contributed by atoms with Gasteiger partial charge in [0.25, 0.3) is 0 Å². The topological polar surface area (TPSA) is 12.4 Å². The predicted octanol–water partition coefficient (Wildman–Crippen LogP) is 3.68. The van der Waals surface area contributed by atoms with Gasteiger partial charge in [0.2, 0.25) is 0 Å². The summed E-state index contributed by atoms with van der Waals surface area (Å²) in [5.74, 6) is 0.848. The largest absolute Gasteiger partial charge is 0.294 e. The average Bonchev–Trinajstić information content (AvgIpc) is 2.03. The molecule has 12 heavy (non-hydrogen) atoms. The molecule has 0 aliphatic carbocycles. The van der Waals surface area contributed by atoms with Crippen LogP contribution >= 0.6 is 0 Å². The van der Waals surface area contributed by atoms with Crippen molar-refractivity contribution in [3.05, 3.63) is 0 Å². The summed E-state index contributed by atoms with van der Waals surface area (Å²) in [4.78, 5) is 4.46. The highest BCUT2D eigenvalue weighted by Gasteiger charge is 1.93. The van der Waals surface area contributed by atoms with E-state index in [2.05, 4.69) is 32.7 Å². The molecule has 0 N–H and O–H groups in total. The van der Waals surface area contributed by atoms with Gasteiger partial charge < -0.3 is 0 Å². The molecule has 0 unspecified atom stereocenters. The van der Waals surface area contributed by atoms with E-state index in [9.17, 15) is 0 Å². The van der Waals surface area contributed by atoms with E-state index in [-0.39, 0.29) is 0 Å². The van der Waals surface area contributed by atoms with Crippen molar-refractivity contribution in [2.45, 2.75) is 53.4 Å². The lowest BCUT2D eigenvalue weighted by molar-refractivity contribution is 0.541. The summed E-state index contributed by atoms with van der Waals surface area (Å²) in [5.41, 5.74) is 1.29. The van der Waals surface area contributed by atoms with Gasteiger partial charge >= 0.3 is 0 Å². The first-order valence-corrected chi connectivity index (χ1v) is 5.16. The maximum Gasteiger partial charge on any atom is 0.0388 e. The third-order valence-electron chi connectivity index (χ3n) is 2.08. The van der Waals surface area contributed by atoms with Gasteiger partial charge in [-0.2, -0.15) is 0 Å². The van der Waals surface area contributed by atoms with Crippen molar-refractivity contribution >= 4 is 5.71 Å². The molecule has 0 aromatic carbocycles. The molecule has 0 aliphatic heterocycles. The van der Waals surface area contributed by atoms with Crippen molar-refractivity contribution in [1.82, 2.24) is 0 Å². The number of nitrogens with zero attached hydrogens (tertiary/aromatic N) is 1. The minimum absolute atomic E-state index is 0.848. The van der Waals surface area contributed by atoms with Gasteiger partial charge in [0, 0.05) is 12.3 Å². The van der Waals surface area contributed by atoms with Crippen LogP contribution in [0.5, 0.6) is 0 Å². The number of hydrogen-bond donors (Lipinski definition) is 0. The first kappa shape index (κ1) is 11.7. The normalized spacial score (nSPS) is 12.6. The van der Waals surface area contributed by atoms with Crippen LogP contribution in [0.2, 0.25) is 0 Å². The molecule has 0 aromatic heterocycles. The van der Waals surface area contributed by atoms with E-state index < -0.39 is 0 Å². The molecule has 0 amide bonds. The Labute approximate surface area is 77.3 Å². The van der Waals surface area contributed by atoms with Crippen molar-refractivity contribution in [2.75, 3.05) is 6.54 Å². The Balaban J connectivity index is 3.21. The fourth-order valence-corrected chi connectivity index (χ4v) is 1.05. The van der Waals surface area contributed by atoms with Gasteiger partial charge in [0.1, 0.15) is 0 Å². The molecule has 1 nitrogen and oxygen atoms in total. The summed E-state index contributed by atoms with van der Waals surface area (Å²) in [6.07, 6.45) is 5.04. The molecule has 0 radical (unpaired) electrons. The Kier molecular flexibility index (Phi) is 7.12. The zero-order valence-corrected chi connectivity index (χ0v) is 9.06. The molecule has 0 aliphatic rings. The standard InChI is InChI=1S/C11H23N/c1-5-11(4)12-9-7-6-8-10(2)3/h10H,5-9H2,1-4H3/b12-11+. The summed E-state index contributed by atoms with van der Waals surface area (Å²) in [7, 11) is 0. The molecule has 0 bridgehead atoms. The van der Waals surface area contributed by atoms with Crippen LogP contribution in [0, 0.1) is 5.92 Å². The Morgan fingerprint density at radius 1 is 1.25 bits per heavy atom. The van der Waals surface area contributed by atoms with Crippen LogP contribution in [0.15, 0.2) is 4.99 Å². The lowest BCUT2D eigenvalue weighted by Gasteiger charge is -2.02. The molecule has 0 atom stereocenters. The maximum absolute atomic E-state index is 4.46. The molecular formula is C11H23N. The number of rotatable bonds is 6. The van der Waals surface area contributed by atoms with Crippen LogP contribution in [-0.4, -0.2) is 12.3 Å². The SMILES string of the molecule is CC/C(C)=N/CCCCC(C)C. The van der Waals surface area contributed by atoms with Gasteiger partial charge in [0.05, 0.1) is 0 Å². The first-order valence-electron chi connectivity index (χ1n) is 5.16. The van der Waals surface area contributed by atoms with E-state index in [0.29, 0.717) is 0 Å². The van der Waals surface area contributed by atoms with Crippen molar-refractivity contribution < 1.29 is 0 Å². The Morgan fingerprint density at radius 2 is 1.92 bits per heavy atom. The molecular weight excluding hydrogens is 146 g/mol. The molecule has 0 spiro atoms. The third-order valence-corrected chi connectivity index (χ3v) is 2.08. The highest BCUT2D eigenvalue weighted by atomic mass is 14.7. The van der Waals surface area contributed by atoms with E-state index in [1.165, 1.54) is 25.0 Å². The van der Waals surface area contributed by atoms with Gasteiger partial charge in [-0.3, -0.25) is 4.99 Å². The molecule has 1 heteroatoms. The van der Waals surface area contributed by atoms with Crippen LogP contribution < -0.4 is 0 Å². The highest BCUT2D eigenvalue weighted by molar-refractivity contribution is 5.81. The van der Waals surface area contributed by atoms with Gasteiger partial charge in [-0.15, -0.1) is 0 Å². The second-order valence-electron chi connectivity index (χ2n) is 3.86. The maximum atomic E-state index is 4.46. The molecule has 0 saturated carbocycles. The zero-order chi connectivity index (χ0) is 9.40. The van der Waals surface area contributed by atoms with Gasteiger partial charge in [0.15, 0.2) is 0 Å². The zero-order valence-electron chi connectivity index (χ0n) is 9.06. The van der Waals surface area contributed by atoms with Crippen LogP contribution in [-0.2, 0) is 0 Å². The van der Waals surface area contributed by atoms with Crippen LogP contribution in [0.3, 0.4) is 0 Å². The molecule has 0 heterocycles.